The molecule has 1 nitrogen and oxygen atoms in total. The molecule has 20 heavy (non-hydrogen) atoms. The quantitative estimate of drug-likeness (QED) is 0.465. The van der Waals surface area contributed by atoms with E-state index in [9.17, 15) is 0 Å². The first-order valence-corrected chi connectivity index (χ1v) is 8.72. The van der Waals surface area contributed by atoms with Gasteiger partial charge in [0, 0.05) is 0 Å². The number of unbranched alkanes of at least 4 members (excludes halogenated alkanes) is 2. The van der Waals surface area contributed by atoms with Crippen molar-refractivity contribution in [3.8, 4) is 0 Å². The summed E-state index contributed by atoms with van der Waals surface area (Å²) in [7, 11) is 0. The Labute approximate surface area is 126 Å². The van der Waals surface area contributed by atoms with Crippen LogP contribution in [0.3, 0.4) is 0 Å². The number of rotatable bonds is 5. The van der Waals surface area contributed by atoms with Gasteiger partial charge in [-0.3, -0.25) is 0 Å². The van der Waals surface area contributed by atoms with Crippen LogP contribution in [0.5, 0.6) is 0 Å². The molecule has 1 fully saturated rings. The Morgan fingerprint density at radius 2 is 2.00 bits per heavy atom. The lowest BCUT2D eigenvalue weighted by Crippen LogP contribution is -2.34. The number of allylic oxidation sites excluding steroid dienone is 2. The lowest BCUT2D eigenvalue weighted by Gasteiger charge is -2.34. The minimum atomic E-state index is 0.0104. The van der Waals surface area contributed by atoms with E-state index in [1.54, 1.807) is 5.47 Å². The molecule has 1 aliphatic heterocycles. The highest BCUT2D eigenvalue weighted by atomic mass is 16.5. The van der Waals surface area contributed by atoms with Crippen LogP contribution < -0.4 is 0 Å². The largest absolute Gasteiger partial charge is 0.426 e. The molecule has 1 saturated heterocycles. The average Bonchev–Trinajstić information content (AvgIpc) is 2.60. The SMILES string of the molecule is CCCCCC1CC=C(B2CC(C)(C)C(C)(C)O2)CC1. The van der Waals surface area contributed by atoms with Gasteiger partial charge in [0.05, 0.1) is 5.60 Å². The highest BCUT2D eigenvalue weighted by Crippen LogP contribution is 2.48. The maximum atomic E-state index is 6.37. The smallest absolute Gasteiger partial charge is 0.323 e. The fraction of sp³-hybridized carbons (Fsp3) is 0.889. The summed E-state index contributed by atoms with van der Waals surface area (Å²) in [6.07, 6.45) is 13.2. The Balaban J connectivity index is 1.87. The van der Waals surface area contributed by atoms with Crippen molar-refractivity contribution in [1.82, 2.24) is 0 Å². The lowest BCUT2D eigenvalue weighted by molar-refractivity contribution is 0.0369. The van der Waals surface area contributed by atoms with E-state index in [0.717, 1.165) is 5.92 Å². The zero-order chi connectivity index (χ0) is 14.8. The van der Waals surface area contributed by atoms with Crippen molar-refractivity contribution in [2.24, 2.45) is 11.3 Å². The van der Waals surface area contributed by atoms with Crippen LogP contribution in [-0.2, 0) is 4.65 Å². The fourth-order valence-corrected chi connectivity index (χ4v) is 3.62. The molecule has 0 aromatic rings. The normalized spacial score (nSPS) is 28.6. The Morgan fingerprint density at radius 1 is 1.25 bits per heavy atom. The van der Waals surface area contributed by atoms with Crippen molar-refractivity contribution in [2.45, 2.75) is 91.5 Å². The van der Waals surface area contributed by atoms with E-state index in [-0.39, 0.29) is 11.0 Å². The van der Waals surface area contributed by atoms with Crippen molar-refractivity contribution in [3.05, 3.63) is 11.5 Å². The monoisotopic (exact) mass is 276 g/mol. The average molecular weight is 276 g/mol. The highest BCUT2D eigenvalue weighted by Gasteiger charge is 2.50. The third-order valence-electron chi connectivity index (χ3n) is 5.95. The van der Waals surface area contributed by atoms with E-state index in [4.69, 9.17) is 4.65 Å². The Bertz CT molecular complexity index is 340. The lowest BCUT2D eigenvalue weighted by atomic mass is 9.51. The van der Waals surface area contributed by atoms with Gasteiger partial charge in [0.25, 0.3) is 0 Å². The van der Waals surface area contributed by atoms with Gasteiger partial charge >= 0.3 is 6.92 Å². The van der Waals surface area contributed by atoms with Crippen molar-refractivity contribution in [1.29, 1.82) is 0 Å². The highest BCUT2D eigenvalue weighted by molar-refractivity contribution is 6.61. The second-order valence-electron chi connectivity index (χ2n) is 8.12. The standard InChI is InChI=1S/C18H33BO/c1-6-7-8-9-15-10-12-16(13-11-15)19-14-17(2,3)18(4,5)20-19/h12,15H,6-11,13-14H2,1-5H3. The van der Waals surface area contributed by atoms with Gasteiger partial charge in [-0.15, -0.1) is 0 Å². The molecule has 0 aromatic heterocycles. The first-order chi connectivity index (χ1) is 9.36. The van der Waals surface area contributed by atoms with Gasteiger partial charge < -0.3 is 4.65 Å². The third-order valence-corrected chi connectivity index (χ3v) is 5.95. The van der Waals surface area contributed by atoms with E-state index >= 15 is 0 Å². The molecule has 0 N–H and O–H groups in total. The number of hydrogen-bond acceptors (Lipinski definition) is 1. The molecule has 1 unspecified atom stereocenters. The van der Waals surface area contributed by atoms with Crippen LogP contribution in [0.1, 0.15) is 79.6 Å². The maximum absolute atomic E-state index is 6.37. The second-order valence-corrected chi connectivity index (χ2v) is 8.12. The van der Waals surface area contributed by atoms with Crippen molar-refractivity contribution < 1.29 is 4.65 Å². The molecule has 0 amide bonds. The molecule has 2 aliphatic rings. The van der Waals surface area contributed by atoms with Crippen molar-refractivity contribution >= 4 is 6.92 Å². The number of hydrogen-bond donors (Lipinski definition) is 0. The van der Waals surface area contributed by atoms with Crippen LogP contribution >= 0.6 is 0 Å². The van der Waals surface area contributed by atoms with E-state index in [0.29, 0.717) is 6.92 Å². The van der Waals surface area contributed by atoms with E-state index in [1.807, 2.05) is 0 Å². The minimum absolute atomic E-state index is 0.0104. The molecular formula is C18H33BO. The molecule has 1 heterocycles. The maximum Gasteiger partial charge on any atom is 0.323 e. The van der Waals surface area contributed by atoms with E-state index in [1.165, 1.54) is 51.3 Å². The van der Waals surface area contributed by atoms with Gasteiger partial charge in [-0.1, -0.05) is 58.0 Å². The molecule has 0 radical (unpaired) electrons. The Morgan fingerprint density at radius 3 is 2.50 bits per heavy atom. The van der Waals surface area contributed by atoms with Crippen LogP contribution in [0, 0.1) is 11.3 Å². The molecule has 1 atom stereocenters. The second kappa shape index (κ2) is 6.26. The molecule has 0 aromatic carbocycles. The van der Waals surface area contributed by atoms with Crippen LogP contribution in [0.2, 0.25) is 6.32 Å². The van der Waals surface area contributed by atoms with Gasteiger partial charge in [-0.05, 0) is 50.8 Å². The molecule has 114 valence electrons. The molecule has 2 rings (SSSR count). The summed E-state index contributed by atoms with van der Waals surface area (Å²) in [5, 5.41) is 0. The Hall–Kier alpha value is -0.235. The summed E-state index contributed by atoms with van der Waals surface area (Å²) in [6.45, 7) is 11.9. The molecule has 0 bridgehead atoms. The first-order valence-electron chi connectivity index (χ1n) is 8.72. The summed E-state index contributed by atoms with van der Waals surface area (Å²) < 4.78 is 6.37. The zero-order valence-electron chi connectivity index (χ0n) is 14.3. The van der Waals surface area contributed by atoms with Crippen LogP contribution in [0.4, 0.5) is 0 Å². The van der Waals surface area contributed by atoms with Gasteiger partial charge in [0.15, 0.2) is 0 Å². The molecule has 2 heteroatoms. The zero-order valence-corrected chi connectivity index (χ0v) is 14.3. The van der Waals surface area contributed by atoms with E-state index in [2.05, 4.69) is 40.7 Å². The summed E-state index contributed by atoms with van der Waals surface area (Å²) in [4.78, 5) is 0. The van der Waals surface area contributed by atoms with Crippen LogP contribution in [0.15, 0.2) is 11.5 Å². The summed E-state index contributed by atoms with van der Waals surface area (Å²) in [5.74, 6) is 0.938. The van der Waals surface area contributed by atoms with Crippen LogP contribution in [0.25, 0.3) is 0 Å². The van der Waals surface area contributed by atoms with E-state index < -0.39 is 0 Å². The summed E-state index contributed by atoms with van der Waals surface area (Å²) >= 11 is 0. The van der Waals surface area contributed by atoms with Gasteiger partial charge in [0.1, 0.15) is 0 Å². The van der Waals surface area contributed by atoms with Gasteiger partial charge in [-0.2, -0.15) is 0 Å². The van der Waals surface area contributed by atoms with Gasteiger partial charge in [-0.25, -0.2) is 0 Å². The molecule has 0 spiro atoms. The summed E-state index contributed by atoms with van der Waals surface area (Å²) in [6, 6.07) is 0. The molecule has 0 saturated carbocycles. The van der Waals surface area contributed by atoms with Gasteiger partial charge in [0.2, 0.25) is 0 Å². The fourth-order valence-electron chi connectivity index (χ4n) is 3.62. The minimum Gasteiger partial charge on any atom is -0.426 e. The summed E-state index contributed by atoms with van der Waals surface area (Å²) in [5.41, 5.74) is 1.89. The predicted octanol–water partition coefficient (Wildman–Crippen LogP) is 5.66. The predicted molar refractivity (Wildman–Crippen MR) is 89.1 cm³/mol. The van der Waals surface area contributed by atoms with Crippen molar-refractivity contribution in [3.63, 3.8) is 0 Å². The molecular weight excluding hydrogens is 243 g/mol. The topological polar surface area (TPSA) is 9.23 Å². The van der Waals surface area contributed by atoms with Crippen molar-refractivity contribution in [2.75, 3.05) is 0 Å². The van der Waals surface area contributed by atoms with Crippen LogP contribution in [-0.4, -0.2) is 12.5 Å². The third kappa shape index (κ3) is 3.50. The first kappa shape index (κ1) is 16.1. The molecule has 1 aliphatic carbocycles. The Kier molecular flexibility index (Phi) is 5.05.